The van der Waals surface area contributed by atoms with Crippen molar-refractivity contribution in [3.63, 3.8) is 0 Å². The average molecular weight is 592 g/mol. The maximum atomic E-state index is 14.3. The van der Waals surface area contributed by atoms with Gasteiger partial charge in [0.05, 0.1) is 38.5 Å². The van der Waals surface area contributed by atoms with Crippen LogP contribution in [0.25, 0.3) is 0 Å². The largest absolute Gasteiger partial charge is 0.496 e. The van der Waals surface area contributed by atoms with Crippen LogP contribution in [0.15, 0.2) is 42.5 Å². The highest BCUT2D eigenvalue weighted by Crippen LogP contribution is 2.52. The molecule has 10 heteroatoms. The van der Waals surface area contributed by atoms with Gasteiger partial charge < -0.3 is 24.2 Å². The zero-order chi connectivity index (χ0) is 30.8. The predicted molar refractivity (Wildman–Crippen MR) is 150 cm³/mol. The van der Waals surface area contributed by atoms with Gasteiger partial charge in [-0.15, -0.1) is 0 Å². The van der Waals surface area contributed by atoms with Gasteiger partial charge in [-0.05, 0) is 42.5 Å². The number of carbonyl (C=O) groups excluding carboxylic acids is 1. The molecular formula is C32H40F3NO6. The molecule has 0 spiro atoms. The van der Waals surface area contributed by atoms with Crippen molar-refractivity contribution >= 4 is 11.9 Å². The van der Waals surface area contributed by atoms with E-state index in [1.807, 2.05) is 20.8 Å². The number of alkyl halides is 3. The number of carboxylic acid groups (broad SMARTS) is 1. The van der Waals surface area contributed by atoms with Gasteiger partial charge in [-0.3, -0.25) is 4.79 Å². The smallest absolute Gasteiger partial charge is 0.416 e. The van der Waals surface area contributed by atoms with Crippen LogP contribution in [-0.2, 0) is 27.1 Å². The van der Waals surface area contributed by atoms with Gasteiger partial charge in [-0.2, -0.15) is 13.2 Å². The predicted octanol–water partition coefficient (Wildman–Crippen LogP) is 6.89. The Morgan fingerprint density at radius 3 is 2.17 bits per heavy atom. The van der Waals surface area contributed by atoms with Crippen LogP contribution < -0.4 is 9.47 Å². The molecule has 1 aliphatic heterocycles. The third-order valence-corrected chi connectivity index (χ3v) is 8.56. The first-order valence-corrected chi connectivity index (χ1v) is 14.3. The Kier molecular flexibility index (Phi) is 9.45. The van der Waals surface area contributed by atoms with E-state index in [0.29, 0.717) is 24.2 Å². The topological polar surface area (TPSA) is 85.3 Å². The summed E-state index contributed by atoms with van der Waals surface area (Å²) in [6.45, 7) is 5.39. The molecular weight excluding hydrogens is 551 g/mol. The molecule has 2 fully saturated rings. The van der Waals surface area contributed by atoms with Crippen LogP contribution in [0, 0.1) is 17.3 Å². The third-order valence-electron chi connectivity index (χ3n) is 8.56. The number of benzene rings is 2. The van der Waals surface area contributed by atoms with E-state index in [-0.39, 0.29) is 29.7 Å². The number of amides is 1. The van der Waals surface area contributed by atoms with Gasteiger partial charge in [0.15, 0.2) is 0 Å². The lowest BCUT2D eigenvalue weighted by Crippen LogP contribution is -2.49. The Morgan fingerprint density at radius 2 is 1.60 bits per heavy atom. The fourth-order valence-corrected chi connectivity index (χ4v) is 6.64. The number of aliphatic carboxylic acids is 1. The molecule has 2 aromatic rings. The summed E-state index contributed by atoms with van der Waals surface area (Å²) >= 11 is 0. The quantitative estimate of drug-likeness (QED) is 0.360. The van der Waals surface area contributed by atoms with Gasteiger partial charge >= 0.3 is 12.1 Å². The number of rotatable bonds is 8. The number of hydrogen-bond acceptors (Lipinski definition) is 5. The van der Waals surface area contributed by atoms with Crippen LogP contribution in [0.5, 0.6) is 11.5 Å². The minimum Gasteiger partial charge on any atom is -0.496 e. The maximum absolute atomic E-state index is 14.3. The molecule has 1 heterocycles. The number of nitrogens with zero attached hydrogens (tertiary/aromatic N) is 1. The number of carboxylic acids is 1. The molecule has 1 N–H and O–H groups in total. The minimum absolute atomic E-state index is 0.169. The summed E-state index contributed by atoms with van der Waals surface area (Å²) in [5, 5.41) is 10.6. The standard InChI is InChI=1S/C32H40F3NO6/c1-31(2,3)25-27(30(38)39)36(29(37)19-11-7-6-8-12-19)26(22-13-9-10-14-24(22)41-5)28(25)42-18-20-17-21(32(33,34)35)15-16-23(20)40-4/h9-10,13-17,19,25-28H,6-8,11-12,18H2,1-5H3,(H,38,39). The number of hydrogen-bond donors (Lipinski definition) is 1. The summed E-state index contributed by atoms with van der Waals surface area (Å²) in [6, 6.07) is 8.20. The van der Waals surface area contributed by atoms with Crippen molar-refractivity contribution in [3.8, 4) is 11.5 Å². The van der Waals surface area contributed by atoms with E-state index < -0.39 is 47.2 Å². The molecule has 0 aromatic heterocycles. The van der Waals surface area contributed by atoms with Crippen molar-refractivity contribution in [2.75, 3.05) is 14.2 Å². The first-order chi connectivity index (χ1) is 19.8. The van der Waals surface area contributed by atoms with Crippen molar-refractivity contribution < 1.29 is 42.1 Å². The highest BCUT2D eigenvalue weighted by molar-refractivity contribution is 5.87. The molecule has 4 rings (SSSR count). The van der Waals surface area contributed by atoms with E-state index in [1.165, 1.54) is 25.2 Å². The molecule has 2 aromatic carbocycles. The lowest BCUT2D eigenvalue weighted by molar-refractivity contribution is -0.154. The molecule has 7 nitrogen and oxygen atoms in total. The van der Waals surface area contributed by atoms with Gasteiger partial charge in [-0.1, -0.05) is 58.2 Å². The van der Waals surface area contributed by atoms with E-state index >= 15 is 0 Å². The van der Waals surface area contributed by atoms with E-state index in [0.717, 1.165) is 31.4 Å². The Balaban J connectivity index is 1.86. The second kappa shape index (κ2) is 12.5. The number of ether oxygens (including phenoxy) is 3. The van der Waals surface area contributed by atoms with Crippen LogP contribution in [0.3, 0.4) is 0 Å². The van der Waals surface area contributed by atoms with E-state index in [4.69, 9.17) is 14.2 Å². The minimum atomic E-state index is -4.57. The summed E-state index contributed by atoms with van der Waals surface area (Å²) in [6.07, 6.45) is -1.30. The lowest BCUT2D eigenvalue weighted by Gasteiger charge is -2.35. The first-order valence-electron chi connectivity index (χ1n) is 14.3. The molecule has 1 aliphatic carbocycles. The van der Waals surface area contributed by atoms with Crippen molar-refractivity contribution in [1.82, 2.24) is 4.90 Å². The van der Waals surface area contributed by atoms with Gasteiger partial charge in [-0.25, -0.2) is 4.79 Å². The van der Waals surface area contributed by atoms with Crippen molar-refractivity contribution in [2.45, 2.75) is 83.8 Å². The van der Waals surface area contributed by atoms with Crippen LogP contribution >= 0.6 is 0 Å². The van der Waals surface area contributed by atoms with Crippen molar-refractivity contribution in [3.05, 3.63) is 59.2 Å². The highest BCUT2D eigenvalue weighted by Gasteiger charge is 2.59. The van der Waals surface area contributed by atoms with Gasteiger partial charge in [0.1, 0.15) is 17.5 Å². The number of para-hydroxylation sites is 1. The number of carbonyl (C=O) groups is 2. The number of halogens is 3. The first kappa shape index (κ1) is 31.7. The summed E-state index contributed by atoms with van der Waals surface area (Å²) in [7, 11) is 2.86. The van der Waals surface area contributed by atoms with E-state index in [2.05, 4.69) is 0 Å². The second-order valence-electron chi connectivity index (χ2n) is 12.2. The average Bonchev–Trinajstić information content (AvgIpc) is 3.31. The van der Waals surface area contributed by atoms with Crippen LogP contribution in [0.2, 0.25) is 0 Å². The summed E-state index contributed by atoms with van der Waals surface area (Å²) in [4.78, 5) is 28.8. The fourth-order valence-electron chi connectivity index (χ4n) is 6.64. The molecule has 0 radical (unpaired) electrons. The Morgan fingerprint density at radius 1 is 0.952 bits per heavy atom. The Labute approximate surface area is 244 Å². The SMILES string of the molecule is COc1ccc(C(F)(F)F)cc1COC1C(c2ccccc2OC)N(C(=O)C2CCCCC2)C(C(=O)O)C1C(C)(C)C. The van der Waals surface area contributed by atoms with Crippen molar-refractivity contribution in [1.29, 1.82) is 0 Å². The third kappa shape index (κ3) is 6.38. The van der Waals surface area contributed by atoms with Crippen LogP contribution in [0.4, 0.5) is 13.2 Å². The molecule has 4 unspecified atom stereocenters. The normalized spacial score (nSPS) is 23.6. The molecule has 1 saturated heterocycles. The Hall–Kier alpha value is -3.27. The number of likely N-dealkylation sites (tertiary alicyclic amines) is 1. The monoisotopic (exact) mass is 591 g/mol. The molecule has 2 aliphatic rings. The zero-order valence-electron chi connectivity index (χ0n) is 24.7. The summed E-state index contributed by atoms with van der Waals surface area (Å²) in [5.74, 6) is -1.73. The zero-order valence-corrected chi connectivity index (χ0v) is 24.7. The van der Waals surface area contributed by atoms with E-state index in [9.17, 15) is 27.9 Å². The van der Waals surface area contributed by atoms with Crippen molar-refractivity contribution in [2.24, 2.45) is 17.3 Å². The lowest BCUT2D eigenvalue weighted by atomic mass is 9.73. The molecule has 230 valence electrons. The van der Waals surface area contributed by atoms with Crippen LogP contribution in [-0.4, -0.2) is 48.2 Å². The molecule has 0 bridgehead atoms. The summed E-state index contributed by atoms with van der Waals surface area (Å²) in [5.41, 5.74) is -0.752. The highest BCUT2D eigenvalue weighted by atomic mass is 19.4. The Bertz CT molecular complexity index is 1270. The van der Waals surface area contributed by atoms with Crippen LogP contribution in [0.1, 0.15) is 75.6 Å². The second-order valence-corrected chi connectivity index (χ2v) is 12.2. The molecule has 4 atom stereocenters. The van der Waals surface area contributed by atoms with Gasteiger partial charge in [0.2, 0.25) is 5.91 Å². The van der Waals surface area contributed by atoms with Gasteiger partial charge in [0, 0.05) is 23.0 Å². The number of methoxy groups -OCH3 is 2. The molecule has 1 amide bonds. The fraction of sp³-hybridized carbons (Fsp3) is 0.562. The molecule has 42 heavy (non-hydrogen) atoms. The van der Waals surface area contributed by atoms with E-state index in [1.54, 1.807) is 24.3 Å². The molecule has 1 saturated carbocycles. The summed E-state index contributed by atoms with van der Waals surface area (Å²) < 4.78 is 58.2. The van der Waals surface area contributed by atoms with Gasteiger partial charge in [0.25, 0.3) is 0 Å². The maximum Gasteiger partial charge on any atom is 0.416 e.